The average molecular weight is 385 g/mol. The normalized spacial score (nSPS) is 24.2. The maximum atomic E-state index is 13.2. The van der Waals surface area contributed by atoms with Gasteiger partial charge in [0.15, 0.2) is 0 Å². The molecule has 0 saturated carbocycles. The van der Waals surface area contributed by atoms with Gasteiger partial charge in [0.05, 0.1) is 13.2 Å². The Kier molecular flexibility index (Phi) is 5.71. The molecular formula is C22H32N4O2. The lowest BCUT2D eigenvalue weighted by Crippen LogP contribution is -2.52. The average Bonchev–Trinajstić information content (AvgIpc) is 3.08. The first-order valence-electron chi connectivity index (χ1n) is 10.4. The van der Waals surface area contributed by atoms with Crippen molar-refractivity contribution in [3.05, 3.63) is 36.0 Å². The van der Waals surface area contributed by atoms with Crippen LogP contribution >= 0.6 is 0 Å². The number of H-pyrrole nitrogens is 1. The van der Waals surface area contributed by atoms with E-state index in [-0.39, 0.29) is 11.3 Å². The minimum atomic E-state index is 0.0489. The molecule has 6 heteroatoms. The van der Waals surface area contributed by atoms with E-state index in [0.717, 1.165) is 81.8 Å². The lowest BCUT2D eigenvalue weighted by molar-refractivity contribution is 0.00717. The third-order valence-corrected chi connectivity index (χ3v) is 6.13. The highest BCUT2D eigenvalue weighted by Gasteiger charge is 2.40. The molecule has 2 saturated heterocycles. The Hall–Kier alpha value is -1.89. The van der Waals surface area contributed by atoms with Crippen LogP contribution in [0.4, 0.5) is 0 Å². The van der Waals surface area contributed by atoms with Crippen molar-refractivity contribution in [1.29, 1.82) is 0 Å². The summed E-state index contributed by atoms with van der Waals surface area (Å²) >= 11 is 0. The van der Waals surface area contributed by atoms with E-state index in [9.17, 15) is 4.79 Å². The van der Waals surface area contributed by atoms with Crippen LogP contribution in [0.25, 0.3) is 10.9 Å². The zero-order chi connectivity index (χ0) is 19.6. The summed E-state index contributed by atoms with van der Waals surface area (Å²) in [5.74, 6) is 0.139. The molecule has 0 unspecified atom stereocenters. The lowest BCUT2D eigenvalue weighted by Gasteiger charge is -2.43. The molecule has 1 aromatic carbocycles. The minimum absolute atomic E-state index is 0.0489. The fourth-order valence-corrected chi connectivity index (χ4v) is 4.61. The van der Waals surface area contributed by atoms with Crippen molar-refractivity contribution >= 4 is 16.8 Å². The molecule has 1 amide bonds. The summed E-state index contributed by atoms with van der Waals surface area (Å²) in [7, 11) is 4.23. The van der Waals surface area contributed by atoms with Crippen molar-refractivity contribution < 1.29 is 9.53 Å². The summed E-state index contributed by atoms with van der Waals surface area (Å²) in [6.45, 7) is 7.25. The summed E-state index contributed by atoms with van der Waals surface area (Å²) < 4.78 is 6.01. The van der Waals surface area contributed by atoms with Crippen molar-refractivity contribution in [2.75, 3.05) is 66.6 Å². The van der Waals surface area contributed by atoms with Crippen molar-refractivity contribution in [1.82, 2.24) is 19.7 Å². The number of nitrogens with zero attached hydrogens (tertiary/aromatic N) is 3. The fourth-order valence-electron chi connectivity index (χ4n) is 4.61. The lowest BCUT2D eigenvalue weighted by atomic mass is 9.80. The Balaban J connectivity index is 1.48. The summed E-state index contributed by atoms with van der Waals surface area (Å²) in [5.41, 5.74) is 1.84. The molecule has 1 spiro atoms. The van der Waals surface area contributed by atoms with Gasteiger partial charge in [0.2, 0.25) is 0 Å². The van der Waals surface area contributed by atoms with E-state index in [4.69, 9.17) is 4.74 Å². The molecular weight excluding hydrogens is 352 g/mol. The highest BCUT2D eigenvalue weighted by Crippen LogP contribution is 2.33. The second-order valence-electron chi connectivity index (χ2n) is 8.74. The number of ether oxygens (including phenoxy) is 1. The first-order chi connectivity index (χ1) is 13.5. The molecule has 1 N–H and O–H groups in total. The summed E-state index contributed by atoms with van der Waals surface area (Å²) in [5, 5.41) is 1.14. The van der Waals surface area contributed by atoms with Gasteiger partial charge < -0.3 is 19.5 Å². The van der Waals surface area contributed by atoms with Crippen LogP contribution in [0, 0.1) is 5.41 Å². The van der Waals surface area contributed by atoms with E-state index in [0.29, 0.717) is 0 Å². The van der Waals surface area contributed by atoms with E-state index in [2.05, 4.69) is 28.9 Å². The summed E-state index contributed by atoms with van der Waals surface area (Å²) in [6.07, 6.45) is 4.09. The van der Waals surface area contributed by atoms with Gasteiger partial charge in [-0.3, -0.25) is 9.69 Å². The van der Waals surface area contributed by atoms with Gasteiger partial charge in [-0.15, -0.1) is 0 Å². The third kappa shape index (κ3) is 4.24. The SMILES string of the molecule is CN(C)CCN1CCOC[C@@]2(CCCN(C(=O)c3ccc4cc[nH]c4c3)C2)C1. The fraction of sp³-hybridized carbons (Fsp3) is 0.591. The predicted octanol–water partition coefficient (Wildman–Crippen LogP) is 2.28. The van der Waals surface area contributed by atoms with Gasteiger partial charge in [0, 0.05) is 62.0 Å². The Morgan fingerprint density at radius 3 is 3.00 bits per heavy atom. The van der Waals surface area contributed by atoms with Crippen LogP contribution < -0.4 is 0 Å². The third-order valence-electron chi connectivity index (χ3n) is 6.13. The zero-order valence-electron chi connectivity index (χ0n) is 17.1. The highest BCUT2D eigenvalue weighted by molar-refractivity contribution is 5.98. The molecule has 2 aliphatic heterocycles. The second-order valence-corrected chi connectivity index (χ2v) is 8.74. The molecule has 0 bridgehead atoms. The van der Waals surface area contributed by atoms with Crippen LogP contribution in [0.3, 0.4) is 0 Å². The smallest absolute Gasteiger partial charge is 0.253 e. The van der Waals surface area contributed by atoms with Crippen LogP contribution in [0.5, 0.6) is 0 Å². The minimum Gasteiger partial charge on any atom is -0.379 e. The van der Waals surface area contributed by atoms with Gasteiger partial charge >= 0.3 is 0 Å². The van der Waals surface area contributed by atoms with Gasteiger partial charge in [-0.05, 0) is 50.5 Å². The highest BCUT2D eigenvalue weighted by atomic mass is 16.5. The molecule has 6 nitrogen and oxygen atoms in total. The maximum Gasteiger partial charge on any atom is 0.253 e. The molecule has 2 aliphatic rings. The van der Waals surface area contributed by atoms with Crippen molar-refractivity contribution in [3.8, 4) is 0 Å². The number of fused-ring (bicyclic) bond motifs is 1. The molecule has 2 fully saturated rings. The number of amides is 1. The number of carbonyl (C=O) groups is 1. The number of rotatable bonds is 4. The van der Waals surface area contributed by atoms with Crippen molar-refractivity contribution in [2.24, 2.45) is 5.41 Å². The maximum absolute atomic E-state index is 13.2. The zero-order valence-corrected chi connectivity index (χ0v) is 17.1. The molecule has 152 valence electrons. The van der Waals surface area contributed by atoms with E-state index in [1.54, 1.807) is 0 Å². The Morgan fingerprint density at radius 1 is 1.25 bits per heavy atom. The Labute approximate surface area is 167 Å². The van der Waals surface area contributed by atoms with E-state index in [1.807, 2.05) is 35.4 Å². The quantitative estimate of drug-likeness (QED) is 0.879. The molecule has 3 heterocycles. The van der Waals surface area contributed by atoms with Crippen LogP contribution in [0.15, 0.2) is 30.5 Å². The molecule has 1 aromatic heterocycles. The van der Waals surface area contributed by atoms with Crippen molar-refractivity contribution in [3.63, 3.8) is 0 Å². The number of piperidine rings is 1. The Bertz CT molecular complexity index is 818. The summed E-state index contributed by atoms with van der Waals surface area (Å²) in [4.78, 5) is 23.2. The molecule has 2 aromatic rings. The first kappa shape index (κ1) is 19.4. The molecule has 28 heavy (non-hydrogen) atoms. The number of hydrogen-bond donors (Lipinski definition) is 1. The Morgan fingerprint density at radius 2 is 2.14 bits per heavy atom. The van der Waals surface area contributed by atoms with Gasteiger partial charge in [0.25, 0.3) is 5.91 Å². The van der Waals surface area contributed by atoms with Gasteiger partial charge in [-0.25, -0.2) is 0 Å². The second kappa shape index (κ2) is 8.23. The number of aromatic amines is 1. The number of carbonyl (C=O) groups excluding carboxylic acids is 1. The molecule has 0 radical (unpaired) electrons. The number of benzene rings is 1. The predicted molar refractivity (Wildman–Crippen MR) is 112 cm³/mol. The van der Waals surface area contributed by atoms with Crippen LogP contribution in [0.1, 0.15) is 23.2 Å². The standard InChI is InChI=1S/C22H32N4O2/c1-24(2)10-11-25-12-13-28-17-22(15-25)7-3-9-26(16-22)21(27)19-5-4-18-6-8-23-20(18)14-19/h4-6,8,14,23H,3,7,9-13,15-17H2,1-2H3/t22-/m0/s1. The molecule has 0 aliphatic carbocycles. The number of hydrogen-bond acceptors (Lipinski definition) is 4. The topological polar surface area (TPSA) is 51.8 Å². The number of likely N-dealkylation sites (N-methyl/N-ethyl adjacent to an activating group) is 1. The van der Waals surface area contributed by atoms with Crippen LogP contribution in [-0.2, 0) is 4.74 Å². The van der Waals surface area contributed by atoms with E-state index in [1.165, 1.54) is 0 Å². The largest absolute Gasteiger partial charge is 0.379 e. The molecule has 4 rings (SSSR count). The van der Waals surface area contributed by atoms with Crippen LogP contribution in [-0.4, -0.2) is 92.2 Å². The number of likely N-dealkylation sites (tertiary alicyclic amines) is 1. The van der Waals surface area contributed by atoms with Crippen LogP contribution in [0.2, 0.25) is 0 Å². The van der Waals surface area contributed by atoms with Gasteiger partial charge in [0.1, 0.15) is 0 Å². The van der Waals surface area contributed by atoms with E-state index < -0.39 is 0 Å². The molecule has 1 atom stereocenters. The first-order valence-corrected chi connectivity index (χ1v) is 10.4. The monoisotopic (exact) mass is 384 g/mol. The number of nitrogens with one attached hydrogen (secondary N) is 1. The van der Waals surface area contributed by atoms with E-state index >= 15 is 0 Å². The van der Waals surface area contributed by atoms with Gasteiger partial charge in [-0.2, -0.15) is 0 Å². The summed E-state index contributed by atoms with van der Waals surface area (Å²) in [6, 6.07) is 7.99. The van der Waals surface area contributed by atoms with Gasteiger partial charge in [-0.1, -0.05) is 6.07 Å². The number of aromatic nitrogens is 1. The van der Waals surface area contributed by atoms with Crippen molar-refractivity contribution in [2.45, 2.75) is 12.8 Å².